The van der Waals surface area contributed by atoms with Crippen molar-refractivity contribution < 1.29 is 13.2 Å². The molecule has 24 heavy (non-hydrogen) atoms. The third kappa shape index (κ3) is 4.80. The molecule has 1 N–H and O–H groups in total. The minimum atomic E-state index is -2.89. The highest BCUT2D eigenvalue weighted by molar-refractivity contribution is 7.91. The fraction of sp³-hybridized carbons (Fsp3) is 0.611. The van der Waals surface area contributed by atoms with E-state index in [4.69, 9.17) is 0 Å². The minimum absolute atomic E-state index is 0.0606. The Hall–Kier alpha value is -1.40. The van der Waals surface area contributed by atoms with Crippen molar-refractivity contribution in [2.24, 2.45) is 5.92 Å². The van der Waals surface area contributed by atoms with Crippen molar-refractivity contribution in [3.8, 4) is 0 Å². The highest BCUT2D eigenvalue weighted by Crippen LogP contribution is 2.21. The third-order valence-corrected chi connectivity index (χ3v) is 6.88. The summed E-state index contributed by atoms with van der Waals surface area (Å²) in [6.07, 6.45) is 3.78. The number of nitrogens with zero attached hydrogens (tertiary/aromatic N) is 1. The molecule has 5 nitrogen and oxygen atoms in total. The van der Waals surface area contributed by atoms with Crippen LogP contribution < -0.4 is 5.32 Å². The number of amides is 1. The molecular formula is C18H26N2O3S. The number of sulfone groups is 1. The number of hydrogen-bond donors (Lipinski definition) is 1. The molecule has 1 aromatic rings. The lowest BCUT2D eigenvalue weighted by molar-refractivity contribution is -0.131. The van der Waals surface area contributed by atoms with E-state index in [-0.39, 0.29) is 30.0 Å². The zero-order valence-electron chi connectivity index (χ0n) is 14.0. The van der Waals surface area contributed by atoms with E-state index in [1.54, 1.807) is 0 Å². The lowest BCUT2D eigenvalue weighted by Crippen LogP contribution is -2.45. The molecule has 2 saturated heterocycles. The van der Waals surface area contributed by atoms with Gasteiger partial charge in [0.05, 0.1) is 18.1 Å². The van der Waals surface area contributed by atoms with Crippen LogP contribution in [-0.4, -0.2) is 56.4 Å². The molecule has 132 valence electrons. The van der Waals surface area contributed by atoms with Crippen LogP contribution in [0.3, 0.4) is 0 Å². The fourth-order valence-electron chi connectivity index (χ4n) is 3.63. The lowest BCUT2D eigenvalue weighted by Gasteiger charge is -2.32. The van der Waals surface area contributed by atoms with Gasteiger partial charge < -0.3 is 10.2 Å². The average molecular weight is 350 g/mol. The molecule has 0 spiro atoms. The summed E-state index contributed by atoms with van der Waals surface area (Å²) in [7, 11) is -2.89. The fourth-order valence-corrected chi connectivity index (χ4v) is 5.34. The first-order valence-electron chi connectivity index (χ1n) is 8.77. The first-order chi connectivity index (χ1) is 11.5. The van der Waals surface area contributed by atoms with E-state index in [9.17, 15) is 13.2 Å². The predicted molar refractivity (Wildman–Crippen MR) is 94.5 cm³/mol. The lowest BCUT2D eigenvalue weighted by atomic mass is 9.90. The van der Waals surface area contributed by atoms with Gasteiger partial charge in [0.1, 0.15) is 0 Å². The monoisotopic (exact) mass is 350 g/mol. The Balaban J connectivity index is 1.39. The standard InChI is InChI=1S/C18H26N2O3S/c21-18(13-19-17-8-11-24(22,23)14-17)20-9-6-16(7-10-20)12-15-4-2-1-3-5-15/h1-5,16-17,19H,6-14H2. The molecule has 0 radical (unpaired) electrons. The smallest absolute Gasteiger partial charge is 0.236 e. The number of rotatable bonds is 5. The van der Waals surface area contributed by atoms with Crippen molar-refractivity contribution in [3.63, 3.8) is 0 Å². The summed E-state index contributed by atoms with van der Waals surface area (Å²) < 4.78 is 22.9. The Morgan fingerprint density at radius 1 is 1.12 bits per heavy atom. The molecule has 2 fully saturated rings. The van der Waals surface area contributed by atoms with E-state index in [1.807, 2.05) is 11.0 Å². The maximum Gasteiger partial charge on any atom is 0.236 e. The van der Waals surface area contributed by atoms with Gasteiger partial charge in [-0.1, -0.05) is 30.3 Å². The SMILES string of the molecule is O=C(CNC1CCS(=O)(=O)C1)N1CCC(Cc2ccccc2)CC1. The summed E-state index contributed by atoms with van der Waals surface area (Å²) in [5, 5.41) is 3.11. The van der Waals surface area contributed by atoms with Crippen molar-refractivity contribution in [1.82, 2.24) is 10.2 Å². The van der Waals surface area contributed by atoms with Gasteiger partial charge in [0, 0.05) is 19.1 Å². The minimum Gasteiger partial charge on any atom is -0.342 e. The van der Waals surface area contributed by atoms with Gasteiger partial charge in [-0.2, -0.15) is 0 Å². The number of benzene rings is 1. The van der Waals surface area contributed by atoms with Crippen LogP contribution in [0.1, 0.15) is 24.8 Å². The van der Waals surface area contributed by atoms with Crippen molar-refractivity contribution in [3.05, 3.63) is 35.9 Å². The van der Waals surface area contributed by atoms with Gasteiger partial charge in [0.2, 0.25) is 5.91 Å². The molecule has 3 rings (SSSR count). The van der Waals surface area contributed by atoms with Crippen LogP contribution in [0.25, 0.3) is 0 Å². The Morgan fingerprint density at radius 3 is 2.46 bits per heavy atom. The molecule has 6 heteroatoms. The highest BCUT2D eigenvalue weighted by Gasteiger charge is 2.29. The number of hydrogen-bond acceptors (Lipinski definition) is 4. The molecule has 2 aliphatic rings. The summed E-state index contributed by atoms with van der Waals surface area (Å²) in [6, 6.07) is 10.4. The molecule has 2 heterocycles. The summed E-state index contributed by atoms with van der Waals surface area (Å²) in [4.78, 5) is 14.2. The van der Waals surface area contributed by atoms with Crippen molar-refractivity contribution in [2.75, 3.05) is 31.1 Å². The third-order valence-electron chi connectivity index (χ3n) is 5.11. The van der Waals surface area contributed by atoms with E-state index in [0.29, 0.717) is 12.3 Å². The van der Waals surface area contributed by atoms with Gasteiger partial charge in [0.25, 0.3) is 0 Å². The number of carbonyl (C=O) groups is 1. The molecule has 0 aliphatic carbocycles. The summed E-state index contributed by atoms with van der Waals surface area (Å²) >= 11 is 0. The average Bonchev–Trinajstić information content (AvgIpc) is 2.93. The Kier molecular flexibility index (Phi) is 5.56. The van der Waals surface area contributed by atoms with Crippen molar-refractivity contribution >= 4 is 15.7 Å². The van der Waals surface area contributed by atoms with Crippen LogP contribution in [0.5, 0.6) is 0 Å². The summed E-state index contributed by atoms with van der Waals surface area (Å²) in [6.45, 7) is 1.87. The zero-order chi connectivity index (χ0) is 17.0. The van der Waals surface area contributed by atoms with Crippen molar-refractivity contribution in [1.29, 1.82) is 0 Å². The van der Waals surface area contributed by atoms with E-state index >= 15 is 0 Å². The molecule has 1 unspecified atom stereocenters. The van der Waals surface area contributed by atoms with Crippen LogP contribution in [-0.2, 0) is 21.1 Å². The number of piperidine rings is 1. The molecular weight excluding hydrogens is 324 g/mol. The van der Waals surface area contributed by atoms with Gasteiger partial charge >= 0.3 is 0 Å². The van der Waals surface area contributed by atoms with Gasteiger partial charge in [-0.25, -0.2) is 8.42 Å². The normalized spacial score (nSPS) is 24.2. The molecule has 0 saturated carbocycles. The second-order valence-electron chi connectivity index (χ2n) is 6.99. The number of nitrogens with one attached hydrogen (secondary N) is 1. The highest BCUT2D eigenvalue weighted by atomic mass is 32.2. The Bertz CT molecular complexity index is 652. The summed E-state index contributed by atoms with van der Waals surface area (Å²) in [5.41, 5.74) is 1.37. The topological polar surface area (TPSA) is 66.5 Å². The van der Waals surface area contributed by atoms with Crippen LogP contribution >= 0.6 is 0 Å². The molecule has 1 atom stereocenters. The molecule has 2 aliphatic heterocycles. The number of likely N-dealkylation sites (tertiary alicyclic amines) is 1. The van der Waals surface area contributed by atoms with Crippen molar-refractivity contribution in [2.45, 2.75) is 31.7 Å². The molecule has 0 aromatic heterocycles. The van der Waals surface area contributed by atoms with Gasteiger partial charge in [-0.3, -0.25) is 4.79 Å². The first kappa shape index (κ1) is 17.4. The van der Waals surface area contributed by atoms with E-state index in [0.717, 1.165) is 32.4 Å². The Morgan fingerprint density at radius 2 is 1.83 bits per heavy atom. The van der Waals surface area contributed by atoms with Gasteiger partial charge in [0.15, 0.2) is 9.84 Å². The first-order valence-corrected chi connectivity index (χ1v) is 10.6. The number of carbonyl (C=O) groups excluding carboxylic acids is 1. The van der Waals surface area contributed by atoms with Crippen LogP contribution in [0.2, 0.25) is 0 Å². The molecule has 0 bridgehead atoms. The molecule has 1 aromatic carbocycles. The van der Waals surface area contributed by atoms with E-state index in [2.05, 4.69) is 29.6 Å². The molecule has 1 amide bonds. The maximum atomic E-state index is 12.3. The van der Waals surface area contributed by atoms with Crippen LogP contribution in [0.15, 0.2) is 30.3 Å². The van der Waals surface area contributed by atoms with E-state index in [1.165, 1.54) is 5.56 Å². The van der Waals surface area contributed by atoms with Crippen LogP contribution in [0.4, 0.5) is 0 Å². The zero-order valence-corrected chi connectivity index (χ0v) is 14.8. The quantitative estimate of drug-likeness (QED) is 0.868. The largest absolute Gasteiger partial charge is 0.342 e. The van der Waals surface area contributed by atoms with Gasteiger partial charge in [-0.15, -0.1) is 0 Å². The predicted octanol–water partition coefficient (Wildman–Crippen LogP) is 1.24. The second kappa shape index (κ2) is 7.66. The second-order valence-corrected chi connectivity index (χ2v) is 9.22. The Labute approximate surface area is 144 Å². The maximum absolute atomic E-state index is 12.3. The summed E-state index contributed by atoms with van der Waals surface area (Å²) in [5.74, 6) is 1.14. The van der Waals surface area contributed by atoms with E-state index < -0.39 is 9.84 Å². The van der Waals surface area contributed by atoms with Gasteiger partial charge in [-0.05, 0) is 37.2 Å². The van der Waals surface area contributed by atoms with Crippen LogP contribution in [0, 0.1) is 5.92 Å².